The molecule has 0 aliphatic heterocycles. The van der Waals surface area contributed by atoms with Crippen LogP contribution in [0.5, 0.6) is 0 Å². The molecule has 3 amide bonds. The minimum Gasteiger partial charge on any atom is -0.382 e. The number of amides is 3. The zero-order valence-corrected chi connectivity index (χ0v) is 16.0. The number of pyridine rings is 1. The highest BCUT2D eigenvalue weighted by Crippen LogP contribution is 2.32. The fourth-order valence-electron chi connectivity index (χ4n) is 3.12. The van der Waals surface area contributed by atoms with Crippen LogP contribution in [-0.2, 0) is 0 Å². The topological polar surface area (TPSA) is 153 Å². The average Bonchev–Trinajstić information content (AvgIpc) is 3.10. The van der Waals surface area contributed by atoms with E-state index in [0.717, 1.165) is 5.56 Å². The zero-order valence-electron chi connectivity index (χ0n) is 16.0. The molecule has 0 aliphatic rings. The van der Waals surface area contributed by atoms with E-state index >= 15 is 0 Å². The van der Waals surface area contributed by atoms with Crippen LogP contribution in [0.2, 0.25) is 0 Å². The van der Waals surface area contributed by atoms with Crippen molar-refractivity contribution < 1.29 is 9.59 Å². The van der Waals surface area contributed by atoms with Gasteiger partial charge in [0.2, 0.25) is 0 Å². The number of primary amides is 1. The molecule has 30 heavy (non-hydrogen) atoms. The third-order valence-corrected chi connectivity index (χ3v) is 4.46. The van der Waals surface area contributed by atoms with Gasteiger partial charge in [-0.3, -0.25) is 10.1 Å². The van der Waals surface area contributed by atoms with Crippen molar-refractivity contribution in [3.05, 3.63) is 66.2 Å². The van der Waals surface area contributed by atoms with E-state index in [1.54, 1.807) is 36.5 Å². The highest BCUT2D eigenvalue weighted by atomic mass is 16.2. The standard InChI is InChI=1S/C20H18N8O2/c1-11-6-7-23-15(8-11)27-20(30)26-13-4-2-12(3-5-13)16-14(19(22)29)9-28-17(16)18(21)24-10-25-28/h2-10H,1H3,(H2,22,29)(H2,21,24,25)(H2,23,26,27,30). The molecule has 0 saturated carbocycles. The number of urea groups is 1. The van der Waals surface area contributed by atoms with Gasteiger partial charge < -0.3 is 16.8 Å². The number of nitrogens with zero attached hydrogens (tertiary/aromatic N) is 4. The van der Waals surface area contributed by atoms with Crippen molar-refractivity contribution in [3.8, 4) is 11.1 Å². The molecule has 0 atom stereocenters. The normalized spacial score (nSPS) is 10.7. The molecular weight excluding hydrogens is 384 g/mol. The van der Waals surface area contributed by atoms with Gasteiger partial charge in [-0.1, -0.05) is 12.1 Å². The van der Waals surface area contributed by atoms with Crippen molar-refractivity contribution in [1.82, 2.24) is 19.6 Å². The molecule has 1 aromatic carbocycles. The van der Waals surface area contributed by atoms with Crippen LogP contribution in [0.3, 0.4) is 0 Å². The third-order valence-electron chi connectivity index (χ3n) is 4.46. The second kappa shape index (κ2) is 7.51. The lowest BCUT2D eigenvalue weighted by Crippen LogP contribution is -2.20. The van der Waals surface area contributed by atoms with Gasteiger partial charge >= 0.3 is 6.03 Å². The number of rotatable bonds is 4. The van der Waals surface area contributed by atoms with Crippen molar-refractivity contribution in [2.24, 2.45) is 5.73 Å². The molecule has 0 bridgehead atoms. The summed E-state index contributed by atoms with van der Waals surface area (Å²) in [4.78, 5) is 32.2. The lowest BCUT2D eigenvalue weighted by molar-refractivity contribution is 0.100. The third kappa shape index (κ3) is 3.61. The first kappa shape index (κ1) is 18.9. The highest BCUT2D eigenvalue weighted by molar-refractivity contribution is 6.06. The number of benzene rings is 1. The molecule has 0 saturated heterocycles. The van der Waals surface area contributed by atoms with E-state index in [-0.39, 0.29) is 11.4 Å². The number of anilines is 3. The summed E-state index contributed by atoms with van der Waals surface area (Å²) < 4.78 is 1.46. The number of aryl methyl sites for hydroxylation is 1. The Balaban J connectivity index is 1.60. The summed E-state index contributed by atoms with van der Waals surface area (Å²) in [6.45, 7) is 1.91. The van der Waals surface area contributed by atoms with Gasteiger partial charge in [-0.25, -0.2) is 19.3 Å². The Morgan fingerprint density at radius 2 is 1.83 bits per heavy atom. The quantitative estimate of drug-likeness (QED) is 0.411. The van der Waals surface area contributed by atoms with Gasteiger partial charge in [0.1, 0.15) is 17.7 Å². The Labute approximate surface area is 170 Å². The van der Waals surface area contributed by atoms with Crippen LogP contribution in [0.15, 0.2) is 55.1 Å². The maximum absolute atomic E-state index is 12.2. The van der Waals surface area contributed by atoms with Crippen molar-refractivity contribution >= 4 is 34.8 Å². The van der Waals surface area contributed by atoms with Crippen LogP contribution in [0.25, 0.3) is 16.6 Å². The van der Waals surface area contributed by atoms with Crippen LogP contribution < -0.4 is 22.1 Å². The van der Waals surface area contributed by atoms with Gasteiger partial charge in [0.25, 0.3) is 5.91 Å². The fraction of sp³-hybridized carbons (Fsp3) is 0.0500. The van der Waals surface area contributed by atoms with Gasteiger partial charge in [-0.2, -0.15) is 5.10 Å². The van der Waals surface area contributed by atoms with E-state index in [9.17, 15) is 9.59 Å². The number of nitrogens with one attached hydrogen (secondary N) is 2. The van der Waals surface area contributed by atoms with Crippen molar-refractivity contribution in [1.29, 1.82) is 0 Å². The molecule has 0 fully saturated rings. The predicted molar refractivity (Wildman–Crippen MR) is 113 cm³/mol. The monoisotopic (exact) mass is 402 g/mol. The van der Waals surface area contributed by atoms with E-state index in [4.69, 9.17) is 11.5 Å². The first-order chi connectivity index (χ1) is 14.4. The van der Waals surface area contributed by atoms with Gasteiger partial charge in [0, 0.05) is 23.6 Å². The first-order valence-corrected chi connectivity index (χ1v) is 8.95. The molecule has 3 heterocycles. The smallest absolute Gasteiger partial charge is 0.324 e. The molecule has 0 radical (unpaired) electrons. The minimum atomic E-state index is -0.609. The maximum Gasteiger partial charge on any atom is 0.324 e. The number of carbonyl (C=O) groups is 2. The molecule has 0 aliphatic carbocycles. The van der Waals surface area contributed by atoms with Crippen LogP contribution in [-0.4, -0.2) is 31.5 Å². The van der Waals surface area contributed by atoms with Gasteiger partial charge in [-0.15, -0.1) is 0 Å². The summed E-state index contributed by atoms with van der Waals surface area (Å²) in [5.74, 6) is 0.0628. The lowest BCUT2D eigenvalue weighted by atomic mass is 10.0. The molecule has 150 valence electrons. The number of hydrogen-bond donors (Lipinski definition) is 4. The van der Waals surface area contributed by atoms with Crippen LogP contribution >= 0.6 is 0 Å². The van der Waals surface area contributed by atoms with Crippen molar-refractivity contribution in [2.75, 3.05) is 16.4 Å². The second-order valence-corrected chi connectivity index (χ2v) is 6.60. The zero-order chi connectivity index (χ0) is 21.3. The molecule has 4 aromatic rings. The Kier molecular flexibility index (Phi) is 4.72. The van der Waals surface area contributed by atoms with Crippen LogP contribution in [0, 0.1) is 6.92 Å². The fourth-order valence-corrected chi connectivity index (χ4v) is 3.12. The number of hydrogen-bond acceptors (Lipinski definition) is 6. The van der Waals surface area contributed by atoms with E-state index in [2.05, 4.69) is 25.7 Å². The Hall–Kier alpha value is -4.47. The summed E-state index contributed by atoms with van der Waals surface area (Å²) in [5.41, 5.74) is 15.0. The molecule has 10 nitrogen and oxygen atoms in total. The van der Waals surface area contributed by atoms with E-state index in [0.29, 0.717) is 28.1 Å². The average molecular weight is 402 g/mol. The number of nitrogens with two attached hydrogens (primary N) is 2. The molecule has 0 unspecified atom stereocenters. The second-order valence-electron chi connectivity index (χ2n) is 6.60. The molecule has 10 heteroatoms. The molecule has 0 spiro atoms. The number of aromatic nitrogens is 4. The predicted octanol–water partition coefficient (Wildman–Crippen LogP) is 2.42. The Bertz CT molecular complexity index is 1260. The van der Waals surface area contributed by atoms with Gasteiger partial charge in [0.15, 0.2) is 5.82 Å². The maximum atomic E-state index is 12.2. The van der Waals surface area contributed by atoms with E-state index in [1.807, 2.05) is 13.0 Å². The number of fused-ring (bicyclic) bond motifs is 1. The van der Waals surface area contributed by atoms with E-state index in [1.165, 1.54) is 17.0 Å². The summed E-state index contributed by atoms with van der Waals surface area (Å²) in [6, 6.07) is 10.1. The molecule has 6 N–H and O–H groups in total. The first-order valence-electron chi connectivity index (χ1n) is 8.95. The summed E-state index contributed by atoms with van der Waals surface area (Å²) in [7, 11) is 0. The van der Waals surface area contributed by atoms with Crippen molar-refractivity contribution in [2.45, 2.75) is 6.92 Å². The van der Waals surface area contributed by atoms with Crippen LogP contribution in [0.1, 0.15) is 15.9 Å². The highest BCUT2D eigenvalue weighted by Gasteiger charge is 2.19. The Morgan fingerprint density at radius 3 is 2.53 bits per heavy atom. The van der Waals surface area contributed by atoms with E-state index < -0.39 is 11.9 Å². The SMILES string of the molecule is Cc1ccnc(NC(=O)Nc2ccc(-c3c(C(N)=O)cn4ncnc(N)c34)cc2)c1. The molecule has 4 rings (SSSR count). The summed E-state index contributed by atoms with van der Waals surface area (Å²) in [6.07, 6.45) is 4.43. The van der Waals surface area contributed by atoms with Crippen molar-refractivity contribution in [3.63, 3.8) is 0 Å². The molecular formula is C20H18N8O2. The van der Waals surface area contributed by atoms with Gasteiger partial charge in [-0.05, 0) is 42.3 Å². The van der Waals surface area contributed by atoms with Crippen LogP contribution in [0.4, 0.5) is 22.1 Å². The summed E-state index contributed by atoms with van der Waals surface area (Å²) in [5, 5.41) is 9.48. The number of carbonyl (C=O) groups excluding carboxylic acids is 2. The number of nitrogen functional groups attached to an aromatic ring is 1. The molecule has 3 aromatic heterocycles. The largest absolute Gasteiger partial charge is 0.382 e. The Morgan fingerprint density at radius 1 is 1.07 bits per heavy atom. The van der Waals surface area contributed by atoms with Gasteiger partial charge in [0.05, 0.1) is 5.56 Å². The lowest BCUT2D eigenvalue weighted by Gasteiger charge is -2.09. The summed E-state index contributed by atoms with van der Waals surface area (Å²) >= 11 is 0. The minimum absolute atomic E-state index is 0.222.